The van der Waals surface area contributed by atoms with Gasteiger partial charge in [0.15, 0.2) is 4.77 Å². The average Bonchev–Trinajstić information content (AvgIpc) is 2.13. The second-order valence-corrected chi connectivity index (χ2v) is 4.69. The number of aromatic amines is 1. The van der Waals surface area contributed by atoms with Crippen LogP contribution in [0, 0.1) is 25.5 Å². The van der Waals surface area contributed by atoms with Crippen molar-refractivity contribution in [1.29, 1.82) is 0 Å². The molecule has 1 aromatic carbocycles. The van der Waals surface area contributed by atoms with Crippen molar-refractivity contribution in [2.75, 3.05) is 5.73 Å². The van der Waals surface area contributed by atoms with E-state index in [1.807, 2.05) is 6.07 Å². The lowest BCUT2D eigenvalue weighted by Crippen LogP contribution is -1.97. The Labute approximate surface area is 106 Å². The minimum atomic E-state index is 0.416. The van der Waals surface area contributed by atoms with Crippen LogP contribution in [0.4, 0.5) is 5.82 Å². The Hall–Kier alpha value is -1.68. The Morgan fingerprint density at radius 2 is 1.71 bits per heavy atom. The minimum absolute atomic E-state index is 0.416. The second-order valence-electron chi connectivity index (χ2n) is 4.30. The molecule has 88 valence electrons. The summed E-state index contributed by atoms with van der Waals surface area (Å²) in [6.07, 6.45) is 0. The van der Waals surface area contributed by atoms with Crippen LogP contribution in [0.3, 0.4) is 0 Å². The monoisotopic (exact) mass is 245 g/mol. The Balaban J connectivity index is 2.72. The van der Waals surface area contributed by atoms with Gasteiger partial charge in [-0.15, -0.1) is 0 Å². The highest BCUT2D eigenvalue weighted by Crippen LogP contribution is 2.27. The third-order valence-electron chi connectivity index (χ3n) is 2.71. The molecule has 0 atom stereocenters. The fourth-order valence-corrected chi connectivity index (χ4v) is 2.43. The summed E-state index contributed by atoms with van der Waals surface area (Å²) >= 11 is 5.05. The molecule has 0 unspecified atom stereocenters. The molecule has 3 nitrogen and oxygen atoms in total. The van der Waals surface area contributed by atoms with Crippen molar-refractivity contribution < 1.29 is 0 Å². The van der Waals surface area contributed by atoms with Crippen molar-refractivity contribution in [3.63, 3.8) is 0 Å². The first-order valence-corrected chi connectivity index (χ1v) is 5.83. The molecule has 2 rings (SSSR count). The van der Waals surface area contributed by atoms with E-state index in [0.717, 1.165) is 11.3 Å². The van der Waals surface area contributed by atoms with Crippen molar-refractivity contribution >= 4 is 18.0 Å². The molecule has 0 radical (unpaired) electrons. The smallest absolute Gasteiger partial charge is 0.199 e. The minimum Gasteiger partial charge on any atom is -0.384 e. The molecule has 4 heteroatoms. The van der Waals surface area contributed by atoms with Crippen molar-refractivity contribution in [3.8, 4) is 11.3 Å². The zero-order valence-corrected chi connectivity index (χ0v) is 11.0. The number of nitrogens with two attached hydrogens (primary N) is 1. The molecule has 17 heavy (non-hydrogen) atoms. The molecule has 2 aromatic rings. The summed E-state index contributed by atoms with van der Waals surface area (Å²) in [5, 5.41) is 0. The Morgan fingerprint density at radius 1 is 1.12 bits per heavy atom. The predicted molar refractivity (Wildman–Crippen MR) is 73.5 cm³/mol. The van der Waals surface area contributed by atoms with Crippen LogP contribution in [-0.2, 0) is 0 Å². The molecule has 1 aromatic heterocycles. The zero-order chi connectivity index (χ0) is 12.6. The first-order valence-electron chi connectivity index (χ1n) is 5.42. The number of hydrogen-bond donors (Lipinski definition) is 2. The van der Waals surface area contributed by atoms with E-state index < -0.39 is 0 Å². The number of rotatable bonds is 1. The molecule has 0 aliphatic heterocycles. The molecule has 0 bridgehead atoms. The van der Waals surface area contributed by atoms with Crippen molar-refractivity contribution in [2.24, 2.45) is 0 Å². The lowest BCUT2D eigenvalue weighted by Gasteiger charge is -2.11. The summed E-state index contributed by atoms with van der Waals surface area (Å²) in [5.41, 5.74) is 11.5. The van der Waals surface area contributed by atoms with Gasteiger partial charge in [-0.05, 0) is 44.1 Å². The van der Waals surface area contributed by atoms with Crippen LogP contribution < -0.4 is 5.73 Å². The molecule has 0 amide bonds. The molecule has 0 saturated heterocycles. The summed E-state index contributed by atoms with van der Waals surface area (Å²) in [7, 11) is 0. The lowest BCUT2D eigenvalue weighted by atomic mass is 9.97. The van der Waals surface area contributed by atoms with E-state index in [4.69, 9.17) is 18.0 Å². The van der Waals surface area contributed by atoms with Gasteiger partial charge in [-0.3, -0.25) is 0 Å². The van der Waals surface area contributed by atoms with Crippen molar-refractivity contribution in [2.45, 2.75) is 20.8 Å². The van der Waals surface area contributed by atoms with E-state index in [0.29, 0.717) is 10.6 Å². The van der Waals surface area contributed by atoms with Gasteiger partial charge >= 0.3 is 0 Å². The first-order chi connectivity index (χ1) is 7.97. The standard InChI is InChI=1S/C13H15N3S/c1-7-4-8(2)12(9(3)5-7)10-6-11(14)16-13(17)15-10/h4-6H,1-3H3,(H3,14,15,16,17). The largest absolute Gasteiger partial charge is 0.384 e. The number of benzene rings is 1. The van der Waals surface area contributed by atoms with Crippen LogP contribution in [0.25, 0.3) is 11.3 Å². The maximum atomic E-state index is 5.73. The van der Waals surface area contributed by atoms with Crippen LogP contribution in [-0.4, -0.2) is 9.97 Å². The Morgan fingerprint density at radius 3 is 2.24 bits per heavy atom. The fourth-order valence-electron chi connectivity index (χ4n) is 2.22. The van der Waals surface area contributed by atoms with Crippen LogP contribution in [0.1, 0.15) is 16.7 Å². The third-order valence-corrected chi connectivity index (χ3v) is 2.90. The van der Waals surface area contributed by atoms with E-state index >= 15 is 0 Å². The van der Waals surface area contributed by atoms with Crippen LogP contribution in [0.15, 0.2) is 18.2 Å². The van der Waals surface area contributed by atoms with Crippen molar-refractivity contribution in [1.82, 2.24) is 9.97 Å². The molecule has 0 aliphatic carbocycles. The maximum absolute atomic E-state index is 5.73. The van der Waals surface area contributed by atoms with E-state index in [1.54, 1.807) is 0 Å². The number of anilines is 1. The molecule has 0 spiro atoms. The van der Waals surface area contributed by atoms with Crippen LogP contribution in [0.2, 0.25) is 0 Å². The average molecular weight is 245 g/mol. The number of aromatic nitrogens is 2. The normalized spacial score (nSPS) is 10.5. The second kappa shape index (κ2) is 4.30. The Kier molecular flexibility index (Phi) is 2.98. The summed E-state index contributed by atoms with van der Waals surface area (Å²) in [5.74, 6) is 0.447. The van der Waals surface area contributed by atoms with Gasteiger partial charge in [0.2, 0.25) is 0 Å². The molecule has 1 heterocycles. The molecule has 3 N–H and O–H groups in total. The number of H-pyrrole nitrogens is 1. The van der Waals surface area contributed by atoms with Crippen LogP contribution in [0.5, 0.6) is 0 Å². The highest BCUT2D eigenvalue weighted by atomic mass is 32.1. The number of nitrogen functional groups attached to an aromatic ring is 1. The van der Waals surface area contributed by atoms with Crippen molar-refractivity contribution in [3.05, 3.63) is 39.7 Å². The van der Waals surface area contributed by atoms with Gasteiger partial charge in [0, 0.05) is 11.6 Å². The number of nitrogens with zero attached hydrogens (tertiary/aromatic N) is 1. The van der Waals surface area contributed by atoms with Gasteiger partial charge < -0.3 is 10.7 Å². The van der Waals surface area contributed by atoms with Gasteiger partial charge in [0.05, 0.1) is 5.69 Å². The van der Waals surface area contributed by atoms with Gasteiger partial charge in [-0.25, -0.2) is 4.98 Å². The maximum Gasteiger partial charge on any atom is 0.199 e. The number of nitrogens with one attached hydrogen (secondary N) is 1. The summed E-state index contributed by atoms with van der Waals surface area (Å²) in [4.78, 5) is 7.06. The van der Waals surface area contributed by atoms with Gasteiger partial charge in [0.1, 0.15) is 5.82 Å². The van der Waals surface area contributed by atoms with Gasteiger partial charge in [-0.2, -0.15) is 0 Å². The summed E-state index contributed by atoms with van der Waals surface area (Å²) in [6, 6.07) is 6.12. The number of aryl methyl sites for hydroxylation is 3. The quantitative estimate of drug-likeness (QED) is 0.758. The Bertz CT molecular complexity index is 606. The first kappa shape index (κ1) is 11.8. The number of hydrogen-bond acceptors (Lipinski definition) is 3. The highest BCUT2D eigenvalue weighted by molar-refractivity contribution is 7.71. The van der Waals surface area contributed by atoms with Gasteiger partial charge in [0.25, 0.3) is 0 Å². The summed E-state index contributed by atoms with van der Waals surface area (Å²) < 4.78 is 0.416. The van der Waals surface area contributed by atoms with E-state index in [2.05, 4.69) is 42.9 Å². The summed E-state index contributed by atoms with van der Waals surface area (Å²) in [6.45, 7) is 6.26. The van der Waals surface area contributed by atoms with Gasteiger partial charge in [-0.1, -0.05) is 17.7 Å². The predicted octanol–water partition coefficient (Wildman–Crippen LogP) is 3.31. The zero-order valence-electron chi connectivity index (χ0n) is 10.2. The van der Waals surface area contributed by atoms with E-state index in [9.17, 15) is 0 Å². The molecular formula is C13H15N3S. The highest BCUT2D eigenvalue weighted by Gasteiger charge is 2.08. The van der Waals surface area contributed by atoms with Crippen LogP contribution >= 0.6 is 12.2 Å². The topological polar surface area (TPSA) is 54.7 Å². The molecule has 0 fully saturated rings. The molecule has 0 saturated carbocycles. The fraction of sp³-hybridized carbons (Fsp3) is 0.231. The molecule has 0 aliphatic rings. The third kappa shape index (κ3) is 2.36. The molecular weight excluding hydrogens is 230 g/mol. The lowest BCUT2D eigenvalue weighted by molar-refractivity contribution is 1.14. The SMILES string of the molecule is Cc1cc(C)c(-c2cc(N)nc(=S)[nH]2)c(C)c1. The van der Waals surface area contributed by atoms with E-state index in [-0.39, 0.29) is 0 Å². The van der Waals surface area contributed by atoms with E-state index in [1.165, 1.54) is 16.7 Å².